The summed E-state index contributed by atoms with van der Waals surface area (Å²) in [4.78, 5) is 24.3. The van der Waals surface area contributed by atoms with Gasteiger partial charge in [-0.3, -0.25) is 9.59 Å². The minimum absolute atomic E-state index is 0.0358. The SMILES string of the molecule is CC(C)(C)CC(=O)COC1CCC(C(C)(C)C2CCC(OCC(=O)CC(C)(C)C)CC2)CC1. The fourth-order valence-electron chi connectivity index (χ4n) is 5.99. The van der Waals surface area contributed by atoms with Gasteiger partial charge in [-0.15, -0.1) is 0 Å². The third-order valence-electron chi connectivity index (χ3n) is 7.87. The van der Waals surface area contributed by atoms with E-state index in [1.54, 1.807) is 0 Å². The predicted molar refractivity (Wildman–Crippen MR) is 135 cm³/mol. The molecule has 33 heavy (non-hydrogen) atoms. The number of carbonyl (C=O) groups excluding carboxylic acids is 2. The Bertz CT molecular complexity index is 567. The third-order valence-corrected chi connectivity index (χ3v) is 7.87. The van der Waals surface area contributed by atoms with Crippen LogP contribution in [0.4, 0.5) is 0 Å². The molecule has 0 atom stereocenters. The number of hydrogen-bond acceptors (Lipinski definition) is 4. The Kier molecular flexibility index (Phi) is 10.2. The zero-order valence-corrected chi connectivity index (χ0v) is 22.9. The summed E-state index contributed by atoms with van der Waals surface area (Å²) in [7, 11) is 0. The minimum atomic E-state index is 0.0358. The monoisotopic (exact) mass is 464 g/mol. The molecule has 0 aromatic carbocycles. The molecule has 2 aliphatic rings. The van der Waals surface area contributed by atoms with E-state index in [1.807, 2.05) is 0 Å². The van der Waals surface area contributed by atoms with Crippen LogP contribution in [0, 0.1) is 28.1 Å². The normalized spacial score (nSPS) is 27.4. The third kappa shape index (κ3) is 10.2. The Morgan fingerprint density at radius 3 is 1.15 bits per heavy atom. The maximum absolute atomic E-state index is 12.1. The predicted octanol–water partition coefficient (Wildman–Crippen LogP) is 7.17. The molecule has 0 amide bonds. The van der Waals surface area contributed by atoms with Crippen LogP contribution in [0.3, 0.4) is 0 Å². The van der Waals surface area contributed by atoms with E-state index in [-0.39, 0.29) is 47.8 Å². The van der Waals surface area contributed by atoms with Gasteiger partial charge in [0.15, 0.2) is 11.6 Å². The van der Waals surface area contributed by atoms with E-state index in [1.165, 1.54) is 25.7 Å². The molecule has 2 aliphatic carbocycles. The summed E-state index contributed by atoms with van der Waals surface area (Å²) in [5.74, 6) is 1.89. The van der Waals surface area contributed by atoms with Gasteiger partial charge in [-0.05, 0) is 79.4 Å². The van der Waals surface area contributed by atoms with E-state index in [0.29, 0.717) is 18.3 Å². The van der Waals surface area contributed by atoms with Crippen molar-refractivity contribution < 1.29 is 19.1 Å². The maximum Gasteiger partial charge on any atom is 0.159 e. The molecule has 192 valence electrons. The van der Waals surface area contributed by atoms with Crippen molar-refractivity contribution in [3.8, 4) is 0 Å². The Labute approximate surface area is 203 Å². The number of ketones is 2. The standard InChI is InChI=1S/C29H52O4/c1-27(2,3)17-23(30)19-32-25-13-9-21(10-14-25)29(7,8)22-11-15-26(16-12-22)33-20-24(31)18-28(4,5)6/h21-22,25-26H,9-20H2,1-8H3. The number of rotatable bonds is 10. The van der Waals surface area contributed by atoms with Crippen LogP contribution in [-0.4, -0.2) is 37.0 Å². The smallest absolute Gasteiger partial charge is 0.159 e. The molecule has 0 N–H and O–H groups in total. The van der Waals surface area contributed by atoms with Gasteiger partial charge in [0, 0.05) is 12.8 Å². The van der Waals surface area contributed by atoms with Gasteiger partial charge in [0.05, 0.1) is 12.2 Å². The highest BCUT2D eigenvalue weighted by atomic mass is 16.5. The van der Waals surface area contributed by atoms with Crippen LogP contribution in [0.25, 0.3) is 0 Å². The highest BCUT2D eigenvalue weighted by Gasteiger charge is 2.41. The zero-order valence-electron chi connectivity index (χ0n) is 22.9. The van der Waals surface area contributed by atoms with Gasteiger partial charge in [-0.2, -0.15) is 0 Å². The summed E-state index contributed by atoms with van der Waals surface area (Å²) in [6.07, 6.45) is 10.8. The number of hydrogen-bond donors (Lipinski definition) is 0. The fraction of sp³-hybridized carbons (Fsp3) is 0.931. The van der Waals surface area contributed by atoms with E-state index in [4.69, 9.17) is 9.47 Å². The van der Waals surface area contributed by atoms with Crippen molar-refractivity contribution >= 4 is 11.6 Å². The summed E-state index contributed by atoms with van der Waals surface area (Å²) >= 11 is 0. The lowest BCUT2D eigenvalue weighted by Gasteiger charge is -2.46. The van der Waals surface area contributed by atoms with E-state index >= 15 is 0 Å². The summed E-state index contributed by atoms with van der Waals surface area (Å²) < 4.78 is 12.0. The number of ether oxygens (including phenoxy) is 2. The van der Waals surface area contributed by atoms with Gasteiger partial charge in [0.1, 0.15) is 13.2 Å². The molecule has 0 bridgehead atoms. The van der Waals surface area contributed by atoms with Gasteiger partial charge in [0.2, 0.25) is 0 Å². The van der Waals surface area contributed by atoms with E-state index in [9.17, 15) is 9.59 Å². The van der Waals surface area contributed by atoms with Gasteiger partial charge in [0.25, 0.3) is 0 Å². The van der Waals surface area contributed by atoms with E-state index in [2.05, 4.69) is 55.4 Å². The molecule has 2 rings (SSSR count). The average molecular weight is 465 g/mol. The lowest BCUT2D eigenvalue weighted by atomic mass is 9.60. The average Bonchev–Trinajstić information content (AvgIpc) is 2.69. The molecule has 0 heterocycles. The molecule has 0 aliphatic heterocycles. The second-order valence-corrected chi connectivity index (χ2v) is 13.9. The van der Waals surface area contributed by atoms with E-state index in [0.717, 1.165) is 37.5 Å². The number of carbonyl (C=O) groups is 2. The summed E-state index contributed by atoms with van der Waals surface area (Å²) in [5, 5.41) is 0. The van der Waals surface area contributed by atoms with Crippen LogP contribution in [0.1, 0.15) is 120 Å². The Morgan fingerprint density at radius 2 is 0.879 bits per heavy atom. The molecule has 0 radical (unpaired) electrons. The summed E-state index contributed by atoms with van der Waals surface area (Å²) in [6.45, 7) is 18.1. The first-order valence-electron chi connectivity index (χ1n) is 13.4. The molecule has 0 saturated heterocycles. The molecular weight excluding hydrogens is 412 g/mol. The van der Waals surface area contributed by atoms with Gasteiger partial charge in [-0.1, -0.05) is 55.4 Å². The van der Waals surface area contributed by atoms with Crippen molar-refractivity contribution in [2.24, 2.45) is 28.1 Å². The van der Waals surface area contributed by atoms with Crippen molar-refractivity contribution in [1.82, 2.24) is 0 Å². The molecule has 0 aromatic rings. The fourth-order valence-corrected chi connectivity index (χ4v) is 5.99. The zero-order chi connectivity index (χ0) is 24.9. The van der Waals surface area contributed by atoms with Crippen LogP contribution in [0.5, 0.6) is 0 Å². The largest absolute Gasteiger partial charge is 0.370 e. The summed E-state index contributed by atoms with van der Waals surface area (Å²) in [6, 6.07) is 0. The Hall–Kier alpha value is -0.740. The van der Waals surface area contributed by atoms with Crippen molar-refractivity contribution in [1.29, 1.82) is 0 Å². The molecule has 0 aromatic heterocycles. The minimum Gasteiger partial charge on any atom is -0.370 e. The Balaban J connectivity index is 1.70. The molecule has 4 nitrogen and oxygen atoms in total. The second-order valence-electron chi connectivity index (χ2n) is 13.9. The van der Waals surface area contributed by atoms with E-state index < -0.39 is 0 Å². The molecule has 4 heteroatoms. The van der Waals surface area contributed by atoms with Crippen LogP contribution < -0.4 is 0 Å². The van der Waals surface area contributed by atoms with Crippen LogP contribution in [-0.2, 0) is 19.1 Å². The molecule has 0 unspecified atom stereocenters. The molecule has 2 fully saturated rings. The maximum atomic E-state index is 12.1. The van der Waals surface area contributed by atoms with Crippen LogP contribution >= 0.6 is 0 Å². The lowest BCUT2D eigenvalue weighted by Crippen LogP contribution is -2.39. The molecule has 0 spiro atoms. The van der Waals surface area contributed by atoms with Crippen molar-refractivity contribution in [3.63, 3.8) is 0 Å². The van der Waals surface area contributed by atoms with Gasteiger partial charge < -0.3 is 9.47 Å². The lowest BCUT2D eigenvalue weighted by molar-refractivity contribution is -0.128. The van der Waals surface area contributed by atoms with Gasteiger partial charge in [-0.25, -0.2) is 0 Å². The highest BCUT2D eigenvalue weighted by Crippen LogP contribution is 2.48. The summed E-state index contributed by atoms with van der Waals surface area (Å²) in [5.41, 5.74) is 0.391. The van der Waals surface area contributed by atoms with Crippen LogP contribution in [0.15, 0.2) is 0 Å². The van der Waals surface area contributed by atoms with Crippen LogP contribution in [0.2, 0.25) is 0 Å². The molecular formula is C29H52O4. The topological polar surface area (TPSA) is 52.6 Å². The Morgan fingerprint density at radius 1 is 0.576 bits per heavy atom. The van der Waals surface area contributed by atoms with Crippen molar-refractivity contribution in [3.05, 3.63) is 0 Å². The molecule has 2 saturated carbocycles. The van der Waals surface area contributed by atoms with Crippen molar-refractivity contribution in [2.75, 3.05) is 13.2 Å². The first kappa shape index (κ1) is 28.5. The first-order chi connectivity index (χ1) is 15.2. The quantitative estimate of drug-likeness (QED) is 0.344. The first-order valence-corrected chi connectivity index (χ1v) is 13.4. The van der Waals surface area contributed by atoms with Gasteiger partial charge >= 0.3 is 0 Å². The second kappa shape index (κ2) is 11.8. The van der Waals surface area contributed by atoms with Crippen molar-refractivity contribution in [2.45, 2.75) is 132 Å². The highest BCUT2D eigenvalue weighted by molar-refractivity contribution is 5.80. The number of Topliss-reactive ketones (excluding diaryl/α,β-unsaturated/α-hetero) is 2.